The molecule has 5 heteroatoms. The Morgan fingerprint density at radius 1 is 1.08 bits per heavy atom. The van der Waals surface area contributed by atoms with Gasteiger partial charge in [0.1, 0.15) is 0 Å². The summed E-state index contributed by atoms with van der Waals surface area (Å²) in [5, 5.41) is 6.67. The van der Waals surface area contributed by atoms with E-state index in [9.17, 15) is 4.79 Å². The number of aryl methyl sites for hydroxylation is 1. The number of rotatable bonds is 9. The minimum Gasteiger partial charge on any atom is -0.357 e. The predicted octanol–water partition coefficient (Wildman–Crippen LogP) is 2.99. The lowest BCUT2D eigenvalue weighted by Crippen LogP contribution is -2.38. The molecule has 5 nitrogen and oxygen atoms in total. The first-order valence-electron chi connectivity index (χ1n) is 9.43. The molecule has 0 aliphatic heterocycles. The second-order valence-electron chi connectivity index (χ2n) is 6.40. The average Bonchev–Trinajstić information content (AvgIpc) is 2.67. The van der Waals surface area contributed by atoms with Crippen molar-refractivity contribution in [1.82, 2.24) is 15.2 Å². The van der Waals surface area contributed by atoms with Crippen LogP contribution in [0.2, 0.25) is 0 Å². The van der Waals surface area contributed by atoms with Crippen molar-refractivity contribution < 1.29 is 0 Å². The molecule has 1 heterocycles. The van der Waals surface area contributed by atoms with E-state index in [0.29, 0.717) is 5.92 Å². The molecule has 0 saturated heterocycles. The molecule has 1 aromatic carbocycles. The highest BCUT2D eigenvalue weighted by atomic mass is 16.1. The number of unbranched alkanes of at least 4 members (excludes halogenated alkanes) is 1. The quantitative estimate of drug-likeness (QED) is 0.413. The Morgan fingerprint density at radius 2 is 1.85 bits per heavy atom. The summed E-state index contributed by atoms with van der Waals surface area (Å²) in [6.45, 7) is 7.44. The van der Waals surface area contributed by atoms with E-state index in [2.05, 4.69) is 48.7 Å². The van der Waals surface area contributed by atoms with Gasteiger partial charge in [0, 0.05) is 44.4 Å². The summed E-state index contributed by atoms with van der Waals surface area (Å²) in [6, 6.07) is 15.7. The maximum atomic E-state index is 11.7. The van der Waals surface area contributed by atoms with Crippen LogP contribution in [0, 0.1) is 0 Å². The van der Waals surface area contributed by atoms with Crippen LogP contribution in [-0.4, -0.2) is 30.2 Å². The summed E-state index contributed by atoms with van der Waals surface area (Å²) in [5.41, 5.74) is 1.37. The monoisotopic (exact) mass is 354 g/mol. The lowest BCUT2D eigenvalue weighted by Gasteiger charge is -2.14. The Bertz CT molecular complexity index is 724. The molecule has 0 aliphatic rings. The van der Waals surface area contributed by atoms with Crippen LogP contribution in [-0.2, 0) is 6.54 Å². The highest BCUT2D eigenvalue weighted by Gasteiger charge is 2.05. The summed E-state index contributed by atoms with van der Waals surface area (Å²) in [5.74, 6) is 1.24. The van der Waals surface area contributed by atoms with Crippen LogP contribution in [0.1, 0.15) is 38.2 Å². The fraction of sp³-hybridized carbons (Fsp3) is 0.429. The second kappa shape index (κ2) is 11.1. The third kappa shape index (κ3) is 6.75. The molecule has 1 aromatic heterocycles. The Labute approximate surface area is 156 Å². The molecular weight excluding hydrogens is 324 g/mol. The third-order valence-corrected chi connectivity index (χ3v) is 4.25. The van der Waals surface area contributed by atoms with Gasteiger partial charge in [0.25, 0.3) is 0 Å². The molecule has 0 bridgehead atoms. The zero-order valence-corrected chi connectivity index (χ0v) is 15.8. The number of pyridine rings is 1. The zero-order valence-electron chi connectivity index (χ0n) is 15.8. The fourth-order valence-corrected chi connectivity index (χ4v) is 2.72. The van der Waals surface area contributed by atoms with Crippen LogP contribution in [0.15, 0.2) is 64.5 Å². The van der Waals surface area contributed by atoms with Crippen molar-refractivity contribution in [3.8, 4) is 0 Å². The fourth-order valence-electron chi connectivity index (χ4n) is 2.72. The predicted molar refractivity (Wildman–Crippen MR) is 109 cm³/mol. The molecule has 2 rings (SSSR count). The number of hydrogen-bond donors (Lipinski definition) is 2. The summed E-state index contributed by atoms with van der Waals surface area (Å²) in [7, 11) is 0. The first-order chi connectivity index (χ1) is 12.7. The number of aliphatic imine (C=N–C) groups is 1. The first kappa shape index (κ1) is 19.8. The van der Waals surface area contributed by atoms with Crippen molar-refractivity contribution in [2.45, 2.75) is 39.2 Å². The molecule has 0 saturated carbocycles. The van der Waals surface area contributed by atoms with Crippen LogP contribution < -0.4 is 16.2 Å². The van der Waals surface area contributed by atoms with E-state index in [-0.39, 0.29) is 5.56 Å². The molecular formula is C21H30N4O. The molecule has 0 radical (unpaired) electrons. The van der Waals surface area contributed by atoms with Crippen molar-refractivity contribution >= 4 is 5.96 Å². The van der Waals surface area contributed by atoms with Gasteiger partial charge in [0.05, 0.1) is 0 Å². The van der Waals surface area contributed by atoms with Crippen LogP contribution in [0.5, 0.6) is 0 Å². The van der Waals surface area contributed by atoms with E-state index in [0.717, 1.165) is 45.0 Å². The largest absolute Gasteiger partial charge is 0.357 e. The lowest BCUT2D eigenvalue weighted by atomic mass is 10.0. The molecule has 140 valence electrons. The second-order valence-corrected chi connectivity index (χ2v) is 6.40. The van der Waals surface area contributed by atoms with E-state index in [1.165, 1.54) is 5.56 Å². The van der Waals surface area contributed by atoms with Gasteiger partial charge < -0.3 is 15.2 Å². The Kier molecular flexibility index (Phi) is 8.46. The number of hydrogen-bond acceptors (Lipinski definition) is 2. The minimum atomic E-state index is 0.0604. The maximum absolute atomic E-state index is 11.7. The van der Waals surface area contributed by atoms with Crippen LogP contribution in [0.3, 0.4) is 0 Å². The molecule has 0 spiro atoms. The number of aromatic nitrogens is 1. The summed E-state index contributed by atoms with van der Waals surface area (Å²) < 4.78 is 1.75. The van der Waals surface area contributed by atoms with Crippen molar-refractivity contribution in [3.63, 3.8) is 0 Å². The van der Waals surface area contributed by atoms with Gasteiger partial charge in [0.15, 0.2) is 5.96 Å². The van der Waals surface area contributed by atoms with Gasteiger partial charge in [-0.15, -0.1) is 0 Å². The molecule has 1 unspecified atom stereocenters. The van der Waals surface area contributed by atoms with E-state index in [1.807, 2.05) is 18.3 Å². The molecule has 0 fully saturated rings. The van der Waals surface area contributed by atoms with Crippen LogP contribution in [0.25, 0.3) is 0 Å². The van der Waals surface area contributed by atoms with E-state index in [1.54, 1.807) is 16.7 Å². The van der Waals surface area contributed by atoms with Gasteiger partial charge >= 0.3 is 0 Å². The third-order valence-electron chi connectivity index (χ3n) is 4.25. The van der Waals surface area contributed by atoms with Gasteiger partial charge in [-0.3, -0.25) is 9.79 Å². The number of guanidine groups is 1. The molecule has 0 amide bonds. The number of nitrogens with zero attached hydrogens (tertiary/aromatic N) is 2. The normalized spacial score (nSPS) is 12.6. The van der Waals surface area contributed by atoms with Crippen LogP contribution >= 0.6 is 0 Å². The van der Waals surface area contributed by atoms with Crippen molar-refractivity contribution in [2.24, 2.45) is 4.99 Å². The number of nitrogens with one attached hydrogen (secondary N) is 2. The smallest absolute Gasteiger partial charge is 0.250 e. The first-order valence-corrected chi connectivity index (χ1v) is 9.43. The SMILES string of the molecule is CCNC(=NCC(C)c1ccccc1)NCCCCn1ccccc1=O. The number of benzene rings is 1. The zero-order chi connectivity index (χ0) is 18.6. The summed E-state index contributed by atoms with van der Waals surface area (Å²) >= 11 is 0. The molecule has 1 atom stereocenters. The standard InChI is InChI=1S/C21H30N4O/c1-3-22-21(24-17-18(2)19-11-5-4-6-12-19)23-14-8-10-16-25-15-9-7-13-20(25)26/h4-7,9,11-13,15,18H,3,8,10,14,16-17H2,1-2H3,(H2,22,23,24). The van der Waals surface area contributed by atoms with Crippen molar-refractivity contribution in [3.05, 3.63) is 70.6 Å². The van der Waals surface area contributed by atoms with Crippen molar-refractivity contribution in [2.75, 3.05) is 19.6 Å². The Balaban J connectivity index is 1.75. The maximum Gasteiger partial charge on any atom is 0.250 e. The van der Waals surface area contributed by atoms with Gasteiger partial charge in [-0.1, -0.05) is 43.3 Å². The molecule has 0 aliphatic carbocycles. The lowest BCUT2D eigenvalue weighted by molar-refractivity contribution is 0.585. The molecule has 2 aromatic rings. The van der Waals surface area contributed by atoms with Gasteiger partial charge in [-0.05, 0) is 31.4 Å². The molecule has 2 N–H and O–H groups in total. The minimum absolute atomic E-state index is 0.0604. The Hall–Kier alpha value is -2.56. The Morgan fingerprint density at radius 3 is 2.58 bits per heavy atom. The van der Waals surface area contributed by atoms with E-state index in [4.69, 9.17) is 4.99 Å². The van der Waals surface area contributed by atoms with E-state index >= 15 is 0 Å². The van der Waals surface area contributed by atoms with E-state index < -0.39 is 0 Å². The summed E-state index contributed by atoms with van der Waals surface area (Å²) in [6.07, 6.45) is 3.78. The van der Waals surface area contributed by atoms with Crippen LogP contribution in [0.4, 0.5) is 0 Å². The highest BCUT2D eigenvalue weighted by Crippen LogP contribution is 2.14. The topological polar surface area (TPSA) is 58.4 Å². The highest BCUT2D eigenvalue weighted by molar-refractivity contribution is 5.79. The van der Waals surface area contributed by atoms with Gasteiger partial charge in [-0.25, -0.2) is 0 Å². The average molecular weight is 354 g/mol. The molecule has 26 heavy (non-hydrogen) atoms. The summed E-state index contributed by atoms with van der Waals surface area (Å²) in [4.78, 5) is 16.4. The van der Waals surface area contributed by atoms with Crippen molar-refractivity contribution in [1.29, 1.82) is 0 Å². The van der Waals surface area contributed by atoms with Gasteiger partial charge in [-0.2, -0.15) is 0 Å². The van der Waals surface area contributed by atoms with Gasteiger partial charge in [0.2, 0.25) is 5.56 Å².